The van der Waals surface area contributed by atoms with E-state index < -0.39 is 39.8 Å². The second kappa shape index (κ2) is 8.16. The van der Waals surface area contributed by atoms with Gasteiger partial charge in [0, 0.05) is 19.1 Å². The number of fused-ring (bicyclic) bond motifs is 2. The molecule has 2 fully saturated rings. The molecule has 0 spiro atoms. The molecule has 168 valence electrons. The Kier molecular flexibility index (Phi) is 6.12. The lowest BCUT2D eigenvalue weighted by Gasteiger charge is -2.34. The van der Waals surface area contributed by atoms with Gasteiger partial charge in [-0.1, -0.05) is 12.2 Å². The normalized spacial score (nSPS) is 27.3. The molecule has 0 saturated carbocycles. The van der Waals surface area contributed by atoms with Gasteiger partial charge in [0.15, 0.2) is 0 Å². The highest BCUT2D eigenvalue weighted by molar-refractivity contribution is 7.80. The van der Waals surface area contributed by atoms with Gasteiger partial charge < -0.3 is 15.0 Å². The maximum absolute atomic E-state index is 12.7. The zero-order chi connectivity index (χ0) is 22.3. The Balaban J connectivity index is 1.53. The van der Waals surface area contributed by atoms with Gasteiger partial charge in [0.2, 0.25) is 5.91 Å². The summed E-state index contributed by atoms with van der Waals surface area (Å²) in [5.74, 6) is -2.52. The fourth-order valence-corrected chi connectivity index (χ4v) is 4.30. The third-order valence-corrected chi connectivity index (χ3v) is 5.62. The van der Waals surface area contributed by atoms with Crippen LogP contribution in [0, 0.1) is 11.8 Å². The van der Waals surface area contributed by atoms with Crippen LogP contribution in [0.1, 0.15) is 40.0 Å². The van der Waals surface area contributed by atoms with E-state index in [1.54, 1.807) is 31.7 Å². The van der Waals surface area contributed by atoms with Gasteiger partial charge in [-0.05, 0) is 40.0 Å². The summed E-state index contributed by atoms with van der Waals surface area (Å²) in [6.07, 6.45) is 4.04. The molecule has 0 aromatic carbocycles. The Morgan fingerprint density at radius 1 is 1.20 bits per heavy atom. The first-order chi connectivity index (χ1) is 13.8. The molecule has 0 radical (unpaired) electrons. The van der Waals surface area contributed by atoms with Crippen LogP contribution < -0.4 is 5.32 Å². The highest BCUT2D eigenvalue weighted by atomic mass is 32.3. The van der Waals surface area contributed by atoms with Gasteiger partial charge in [-0.2, -0.15) is 13.5 Å². The van der Waals surface area contributed by atoms with Gasteiger partial charge in [-0.3, -0.25) is 14.1 Å². The minimum absolute atomic E-state index is 0.149. The van der Waals surface area contributed by atoms with Crippen LogP contribution in [0.2, 0.25) is 0 Å². The number of nitrogens with zero attached hydrogens (tertiary/aromatic N) is 2. The van der Waals surface area contributed by atoms with Crippen molar-refractivity contribution in [1.82, 2.24) is 15.3 Å². The van der Waals surface area contributed by atoms with Gasteiger partial charge in [-0.15, -0.1) is 4.28 Å². The van der Waals surface area contributed by atoms with E-state index in [1.807, 2.05) is 0 Å². The van der Waals surface area contributed by atoms with Crippen LogP contribution >= 0.6 is 0 Å². The van der Waals surface area contributed by atoms with Gasteiger partial charge in [-0.25, -0.2) is 4.79 Å². The molecular weight excluding hydrogens is 418 g/mol. The van der Waals surface area contributed by atoms with E-state index in [4.69, 9.17) is 9.29 Å². The largest absolute Gasteiger partial charge is 0.444 e. The monoisotopic (exact) mass is 445 g/mol. The lowest BCUT2D eigenvalue weighted by Crippen LogP contribution is -2.49. The Morgan fingerprint density at radius 2 is 1.83 bits per heavy atom. The number of piperidine rings is 1. The molecular formula is C18H27N3O8S. The molecule has 2 N–H and O–H groups in total. The summed E-state index contributed by atoms with van der Waals surface area (Å²) in [4.78, 5) is 38.9. The van der Waals surface area contributed by atoms with E-state index in [9.17, 15) is 22.8 Å². The first kappa shape index (κ1) is 22.5. The number of likely N-dealkylation sites (tertiary alicyclic amines) is 1. The molecule has 2 heterocycles. The fraction of sp³-hybridized carbons (Fsp3) is 0.722. The smallest absolute Gasteiger partial charge is 0.418 e. The van der Waals surface area contributed by atoms with E-state index in [-0.39, 0.29) is 24.5 Å². The molecule has 2 saturated heterocycles. The van der Waals surface area contributed by atoms with Crippen molar-refractivity contribution in [3.8, 4) is 0 Å². The van der Waals surface area contributed by atoms with Crippen LogP contribution in [0.15, 0.2) is 12.2 Å². The molecule has 0 aromatic heterocycles. The fourth-order valence-electron chi connectivity index (χ4n) is 3.92. The summed E-state index contributed by atoms with van der Waals surface area (Å²) in [7, 11) is -4.84. The van der Waals surface area contributed by atoms with Crippen molar-refractivity contribution >= 4 is 28.3 Å². The number of carbonyl (C=O) groups excluding carboxylic acids is 3. The minimum atomic E-state index is -4.84. The molecule has 12 heteroatoms. The second-order valence-electron chi connectivity index (χ2n) is 8.74. The molecule has 1 unspecified atom stereocenters. The number of carbonyl (C=O) groups is 3. The van der Waals surface area contributed by atoms with Crippen molar-refractivity contribution in [3.63, 3.8) is 0 Å². The van der Waals surface area contributed by atoms with E-state index in [0.29, 0.717) is 31.0 Å². The van der Waals surface area contributed by atoms with Crippen LogP contribution in [0.25, 0.3) is 0 Å². The number of amides is 3. The van der Waals surface area contributed by atoms with Crippen molar-refractivity contribution in [1.29, 1.82) is 0 Å². The van der Waals surface area contributed by atoms with Crippen molar-refractivity contribution < 1.29 is 36.4 Å². The number of nitrogens with one attached hydrogen (secondary N) is 1. The van der Waals surface area contributed by atoms with Gasteiger partial charge >= 0.3 is 16.5 Å². The van der Waals surface area contributed by atoms with Crippen molar-refractivity contribution in [3.05, 3.63) is 12.2 Å². The Labute approximate surface area is 175 Å². The standard InChI is InChI=1S/C18H27N3O8S/c1-18(2,3)28-17(24)20-8-6-11(7-9-20)19-15(22)13-5-4-12-10-14(13)16(23)21(12)29-30(25,26)27/h4-5,11-14H,6-10H2,1-3H3,(H,19,22)(H,25,26,27)/t12-,13-,14?/m1/s1. The number of hydrogen-bond acceptors (Lipinski definition) is 7. The Bertz CT molecular complexity index is 842. The zero-order valence-corrected chi connectivity index (χ0v) is 17.9. The predicted octanol–water partition coefficient (Wildman–Crippen LogP) is 0.640. The highest BCUT2D eigenvalue weighted by Gasteiger charge is 2.49. The zero-order valence-electron chi connectivity index (χ0n) is 17.1. The average Bonchev–Trinajstić information content (AvgIpc) is 2.84. The van der Waals surface area contributed by atoms with E-state index in [2.05, 4.69) is 9.60 Å². The first-order valence-electron chi connectivity index (χ1n) is 9.81. The lowest BCUT2D eigenvalue weighted by molar-refractivity contribution is -0.158. The summed E-state index contributed by atoms with van der Waals surface area (Å²) >= 11 is 0. The highest BCUT2D eigenvalue weighted by Crippen LogP contribution is 2.37. The molecule has 1 aliphatic carbocycles. The summed E-state index contributed by atoms with van der Waals surface area (Å²) < 4.78 is 40.5. The van der Waals surface area contributed by atoms with E-state index >= 15 is 0 Å². The van der Waals surface area contributed by atoms with E-state index in [0.717, 1.165) is 0 Å². The molecule has 30 heavy (non-hydrogen) atoms. The summed E-state index contributed by atoms with van der Waals surface area (Å²) in [6.45, 7) is 6.29. The summed E-state index contributed by atoms with van der Waals surface area (Å²) in [6, 6.07) is -0.797. The van der Waals surface area contributed by atoms with Crippen LogP contribution in [0.5, 0.6) is 0 Å². The van der Waals surface area contributed by atoms with Crippen LogP contribution in [0.3, 0.4) is 0 Å². The lowest BCUT2D eigenvalue weighted by atomic mass is 9.84. The molecule has 2 bridgehead atoms. The molecule has 2 aliphatic heterocycles. The summed E-state index contributed by atoms with van der Waals surface area (Å²) in [5.41, 5.74) is -0.575. The minimum Gasteiger partial charge on any atom is -0.444 e. The maximum atomic E-state index is 12.7. The average molecular weight is 445 g/mol. The molecule has 3 aliphatic rings. The van der Waals surface area contributed by atoms with Gasteiger partial charge in [0.05, 0.1) is 17.9 Å². The molecule has 3 amide bonds. The topological polar surface area (TPSA) is 143 Å². The predicted molar refractivity (Wildman–Crippen MR) is 103 cm³/mol. The van der Waals surface area contributed by atoms with Crippen LogP contribution in [-0.4, -0.2) is 71.6 Å². The third kappa shape index (κ3) is 5.29. The van der Waals surface area contributed by atoms with Gasteiger partial charge in [0.1, 0.15) is 5.60 Å². The van der Waals surface area contributed by atoms with Crippen LogP contribution in [0.4, 0.5) is 4.79 Å². The number of hydroxylamine groups is 2. The van der Waals surface area contributed by atoms with E-state index in [1.165, 1.54) is 6.08 Å². The number of ether oxygens (including phenoxy) is 1. The number of hydrogen-bond donors (Lipinski definition) is 2. The molecule has 0 aromatic rings. The number of rotatable bonds is 4. The second-order valence-corrected chi connectivity index (χ2v) is 9.74. The third-order valence-electron chi connectivity index (χ3n) is 5.28. The molecule has 3 rings (SSSR count). The van der Waals surface area contributed by atoms with Crippen molar-refractivity contribution in [2.24, 2.45) is 11.8 Å². The van der Waals surface area contributed by atoms with Crippen LogP contribution in [-0.2, 0) is 29.0 Å². The SMILES string of the molecule is CC(C)(C)OC(=O)N1CCC(NC(=O)[C@@H]2C=C[C@@H]3CC2C(=O)N3OS(=O)(=O)O)CC1. The molecule has 3 atom stereocenters. The first-order valence-corrected chi connectivity index (χ1v) is 11.2. The van der Waals surface area contributed by atoms with Crippen molar-refractivity contribution in [2.75, 3.05) is 13.1 Å². The van der Waals surface area contributed by atoms with Gasteiger partial charge in [0.25, 0.3) is 5.91 Å². The maximum Gasteiger partial charge on any atom is 0.418 e. The van der Waals surface area contributed by atoms with Crippen molar-refractivity contribution in [2.45, 2.75) is 57.7 Å². The Hall–Kier alpha value is -2.18. The summed E-state index contributed by atoms with van der Waals surface area (Å²) in [5, 5.41) is 3.51. The quantitative estimate of drug-likeness (QED) is 0.474. The Morgan fingerprint density at radius 3 is 2.40 bits per heavy atom. The molecule has 11 nitrogen and oxygen atoms in total.